The van der Waals surface area contributed by atoms with Crippen molar-refractivity contribution in [1.82, 2.24) is 4.98 Å². The molecule has 1 heterocycles. The van der Waals surface area contributed by atoms with Gasteiger partial charge in [-0.1, -0.05) is 35.3 Å². The second-order valence-corrected chi connectivity index (χ2v) is 4.79. The van der Waals surface area contributed by atoms with Crippen LogP contribution < -0.4 is 0 Å². The minimum atomic E-state index is 0.473. The van der Waals surface area contributed by atoms with Crippen molar-refractivity contribution >= 4 is 34.8 Å². The van der Waals surface area contributed by atoms with Crippen molar-refractivity contribution in [3.63, 3.8) is 0 Å². The third-order valence-electron chi connectivity index (χ3n) is 2.55. The van der Waals surface area contributed by atoms with E-state index in [2.05, 4.69) is 4.98 Å². The lowest BCUT2D eigenvalue weighted by molar-refractivity contribution is 1.14. The van der Waals surface area contributed by atoms with Crippen LogP contribution in [0.1, 0.15) is 11.3 Å². The fourth-order valence-corrected chi connectivity index (χ4v) is 2.13. The first-order valence-corrected chi connectivity index (χ1v) is 6.39. The lowest BCUT2D eigenvalue weighted by atomic mass is 10.1. The number of rotatable bonds is 2. The number of halogens is 3. The first-order chi connectivity index (χ1) is 8.11. The van der Waals surface area contributed by atoms with Crippen molar-refractivity contribution in [3.05, 3.63) is 51.6 Å². The number of nitrogens with zero attached hydrogens (tertiary/aromatic N) is 1. The predicted molar refractivity (Wildman–Crippen MR) is 74.0 cm³/mol. The van der Waals surface area contributed by atoms with Gasteiger partial charge in [0, 0.05) is 17.1 Å². The highest BCUT2D eigenvalue weighted by Crippen LogP contribution is 2.28. The number of pyridine rings is 1. The van der Waals surface area contributed by atoms with Crippen molar-refractivity contribution < 1.29 is 0 Å². The zero-order chi connectivity index (χ0) is 12.4. The van der Waals surface area contributed by atoms with Gasteiger partial charge in [0.05, 0.1) is 15.7 Å². The maximum Gasteiger partial charge on any atom is 0.0705 e. The molecule has 2 aromatic rings. The van der Waals surface area contributed by atoms with Crippen LogP contribution in [0.5, 0.6) is 0 Å². The van der Waals surface area contributed by atoms with Gasteiger partial charge < -0.3 is 0 Å². The Bertz CT molecular complexity index is 552. The molecule has 0 aliphatic heterocycles. The lowest BCUT2D eigenvalue weighted by Crippen LogP contribution is -1.92. The first-order valence-electron chi connectivity index (χ1n) is 5.09. The Balaban J connectivity index is 2.46. The fourth-order valence-electron chi connectivity index (χ4n) is 1.55. The molecule has 88 valence electrons. The highest BCUT2D eigenvalue weighted by Gasteiger charge is 2.05. The van der Waals surface area contributed by atoms with Gasteiger partial charge in [-0.25, -0.2) is 0 Å². The van der Waals surface area contributed by atoms with Gasteiger partial charge >= 0.3 is 0 Å². The van der Waals surface area contributed by atoms with Gasteiger partial charge in [0.25, 0.3) is 0 Å². The number of hydrogen-bond donors (Lipinski definition) is 0. The summed E-state index contributed by atoms with van der Waals surface area (Å²) in [5.41, 5.74) is 3.79. The number of benzene rings is 1. The average Bonchev–Trinajstić information content (AvgIpc) is 2.32. The maximum atomic E-state index is 5.98. The van der Waals surface area contributed by atoms with Crippen LogP contribution in [-0.2, 0) is 5.88 Å². The monoisotopic (exact) mass is 285 g/mol. The van der Waals surface area contributed by atoms with E-state index in [1.165, 1.54) is 0 Å². The molecule has 0 N–H and O–H groups in total. The fraction of sp³-hybridized carbons (Fsp3) is 0.154. The minimum absolute atomic E-state index is 0.473. The van der Waals surface area contributed by atoms with E-state index >= 15 is 0 Å². The van der Waals surface area contributed by atoms with Gasteiger partial charge in [-0.05, 0) is 30.7 Å². The third kappa shape index (κ3) is 2.74. The summed E-state index contributed by atoms with van der Waals surface area (Å²) in [5, 5.41) is 1.08. The van der Waals surface area contributed by atoms with Crippen LogP contribution in [-0.4, -0.2) is 4.98 Å². The number of hydrogen-bond acceptors (Lipinski definition) is 1. The molecule has 0 saturated carbocycles. The molecule has 1 aromatic heterocycles. The van der Waals surface area contributed by atoms with Gasteiger partial charge in [0.2, 0.25) is 0 Å². The summed E-state index contributed by atoms with van der Waals surface area (Å²) in [7, 11) is 0. The molecule has 1 aromatic carbocycles. The first kappa shape index (κ1) is 12.7. The highest BCUT2D eigenvalue weighted by atomic mass is 35.5. The van der Waals surface area contributed by atoms with E-state index in [1.54, 1.807) is 6.07 Å². The summed E-state index contributed by atoms with van der Waals surface area (Å²) in [4.78, 5) is 4.50. The Kier molecular flexibility index (Phi) is 3.93. The molecule has 0 aliphatic rings. The molecular weight excluding hydrogens is 277 g/mol. The number of aryl methyl sites for hydroxylation is 1. The molecule has 0 amide bonds. The normalized spacial score (nSPS) is 10.6. The van der Waals surface area contributed by atoms with E-state index in [0.29, 0.717) is 15.9 Å². The summed E-state index contributed by atoms with van der Waals surface area (Å²) in [5.74, 6) is 0.473. The topological polar surface area (TPSA) is 12.9 Å². The number of aromatic nitrogens is 1. The molecule has 1 nitrogen and oxygen atoms in total. The quantitative estimate of drug-likeness (QED) is 0.700. The zero-order valence-corrected chi connectivity index (χ0v) is 11.4. The molecule has 0 radical (unpaired) electrons. The van der Waals surface area contributed by atoms with Gasteiger partial charge in [0.15, 0.2) is 0 Å². The number of alkyl halides is 1. The summed E-state index contributed by atoms with van der Waals surface area (Å²) >= 11 is 17.7. The maximum absolute atomic E-state index is 5.98. The zero-order valence-electron chi connectivity index (χ0n) is 9.17. The van der Waals surface area contributed by atoms with Crippen molar-refractivity contribution in [3.8, 4) is 11.3 Å². The van der Waals surface area contributed by atoms with E-state index in [9.17, 15) is 0 Å². The Morgan fingerprint density at radius 1 is 1.06 bits per heavy atom. The summed E-state index contributed by atoms with van der Waals surface area (Å²) in [6.07, 6.45) is 0. The Hall–Kier alpha value is -0.760. The van der Waals surface area contributed by atoms with Crippen LogP contribution in [0.25, 0.3) is 11.3 Å². The summed E-state index contributed by atoms with van der Waals surface area (Å²) in [6.45, 7) is 1.94. The van der Waals surface area contributed by atoms with Gasteiger partial charge in [-0.2, -0.15) is 0 Å². The van der Waals surface area contributed by atoms with E-state index in [1.807, 2.05) is 31.2 Å². The van der Waals surface area contributed by atoms with E-state index in [0.717, 1.165) is 22.5 Å². The second-order valence-electron chi connectivity index (χ2n) is 3.70. The molecule has 17 heavy (non-hydrogen) atoms. The standard InChI is InChI=1S/C13H10Cl3N/c1-8-10(7-14)3-5-13(17-8)9-2-4-11(15)12(16)6-9/h2-6H,7H2,1H3. The van der Waals surface area contributed by atoms with Crippen LogP contribution in [0, 0.1) is 6.92 Å². The van der Waals surface area contributed by atoms with Crippen LogP contribution in [0.15, 0.2) is 30.3 Å². The van der Waals surface area contributed by atoms with Crippen molar-refractivity contribution in [1.29, 1.82) is 0 Å². The average molecular weight is 287 g/mol. The van der Waals surface area contributed by atoms with Crippen molar-refractivity contribution in [2.75, 3.05) is 0 Å². The molecule has 0 spiro atoms. The lowest BCUT2D eigenvalue weighted by Gasteiger charge is -2.06. The van der Waals surface area contributed by atoms with E-state index in [-0.39, 0.29) is 0 Å². The highest BCUT2D eigenvalue weighted by molar-refractivity contribution is 6.42. The van der Waals surface area contributed by atoms with Crippen LogP contribution in [0.3, 0.4) is 0 Å². The second kappa shape index (κ2) is 5.26. The third-order valence-corrected chi connectivity index (χ3v) is 3.58. The van der Waals surface area contributed by atoms with Gasteiger partial charge in [0.1, 0.15) is 0 Å². The molecule has 0 unspecified atom stereocenters. The molecule has 4 heteroatoms. The largest absolute Gasteiger partial charge is 0.253 e. The molecule has 0 aliphatic carbocycles. The SMILES string of the molecule is Cc1nc(-c2ccc(Cl)c(Cl)c2)ccc1CCl. The Morgan fingerprint density at radius 3 is 2.41 bits per heavy atom. The molecule has 0 atom stereocenters. The van der Waals surface area contributed by atoms with Crippen molar-refractivity contribution in [2.45, 2.75) is 12.8 Å². The molecular formula is C13H10Cl3N. The van der Waals surface area contributed by atoms with Crippen LogP contribution >= 0.6 is 34.8 Å². The van der Waals surface area contributed by atoms with E-state index in [4.69, 9.17) is 34.8 Å². The minimum Gasteiger partial charge on any atom is -0.253 e. The smallest absolute Gasteiger partial charge is 0.0705 e. The van der Waals surface area contributed by atoms with E-state index < -0.39 is 0 Å². The summed E-state index contributed by atoms with van der Waals surface area (Å²) in [6, 6.07) is 9.39. The van der Waals surface area contributed by atoms with Crippen LogP contribution in [0.2, 0.25) is 10.0 Å². The Morgan fingerprint density at radius 2 is 1.82 bits per heavy atom. The molecule has 0 fully saturated rings. The van der Waals surface area contributed by atoms with Gasteiger partial charge in [-0.15, -0.1) is 11.6 Å². The van der Waals surface area contributed by atoms with Crippen molar-refractivity contribution in [2.24, 2.45) is 0 Å². The summed E-state index contributed by atoms with van der Waals surface area (Å²) < 4.78 is 0. The Labute approximate surface area is 115 Å². The van der Waals surface area contributed by atoms with Crippen LogP contribution in [0.4, 0.5) is 0 Å². The van der Waals surface area contributed by atoms with Gasteiger partial charge in [-0.3, -0.25) is 4.98 Å². The predicted octanol–water partition coefficient (Wildman–Crippen LogP) is 5.10. The molecule has 0 bridgehead atoms. The molecule has 2 rings (SSSR count). The molecule has 0 saturated heterocycles.